The number of carbonyl (C=O) groups is 1. The number of aromatic hydroxyl groups is 1. The van der Waals surface area contributed by atoms with E-state index in [1.54, 1.807) is 11.5 Å². The normalized spacial score (nSPS) is 13.8. The van der Waals surface area contributed by atoms with E-state index in [0.29, 0.717) is 18.4 Å². The Balaban J connectivity index is 2.13. The molecule has 0 fully saturated rings. The Morgan fingerprint density at radius 3 is 2.77 bits per heavy atom. The molecular weight excluding hydrogens is 289 g/mol. The number of phenols is 1. The number of aliphatic hydroxyl groups is 1. The van der Waals surface area contributed by atoms with Gasteiger partial charge in [-0.3, -0.25) is 4.79 Å². The van der Waals surface area contributed by atoms with E-state index in [-0.39, 0.29) is 17.5 Å². The third kappa shape index (κ3) is 3.62. The molecular formula is C15H18FN3O3. The predicted octanol–water partition coefficient (Wildman–Crippen LogP) is 1.38. The van der Waals surface area contributed by atoms with Gasteiger partial charge in [0.25, 0.3) is 5.91 Å². The number of nitrogens with two attached hydrogens (primary N) is 1. The lowest BCUT2D eigenvalue weighted by molar-refractivity contribution is 0.0994. The fourth-order valence-electron chi connectivity index (χ4n) is 2.34. The topological polar surface area (TPSA) is 101 Å². The third-order valence-electron chi connectivity index (χ3n) is 3.55. The van der Waals surface area contributed by atoms with Crippen molar-refractivity contribution in [1.82, 2.24) is 9.55 Å². The molecule has 4 N–H and O–H groups in total. The number of halogens is 1. The highest BCUT2D eigenvalue weighted by molar-refractivity contribution is 5.90. The first-order valence-corrected chi connectivity index (χ1v) is 6.87. The molecule has 0 aliphatic rings. The number of aryl methyl sites for hydroxylation is 1. The molecule has 0 saturated carbocycles. The Hall–Kier alpha value is -2.41. The van der Waals surface area contributed by atoms with Gasteiger partial charge >= 0.3 is 0 Å². The van der Waals surface area contributed by atoms with Crippen LogP contribution in [-0.4, -0.2) is 31.8 Å². The Morgan fingerprint density at radius 1 is 1.50 bits per heavy atom. The van der Waals surface area contributed by atoms with Crippen LogP contribution in [0.2, 0.25) is 0 Å². The first-order valence-electron chi connectivity index (χ1n) is 6.87. The summed E-state index contributed by atoms with van der Waals surface area (Å²) < 4.78 is 14.6. The second-order valence-corrected chi connectivity index (χ2v) is 5.19. The van der Waals surface area contributed by atoms with Gasteiger partial charge in [0.05, 0.1) is 18.5 Å². The zero-order chi connectivity index (χ0) is 16.3. The van der Waals surface area contributed by atoms with Crippen molar-refractivity contribution in [2.24, 2.45) is 5.73 Å². The Morgan fingerprint density at radius 2 is 2.23 bits per heavy atom. The molecule has 2 unspecified atom stereocenters. The first-order chi connectivity index (χ1) is 10.4. The van der Waals surface area contributed by atoms with Crippen LogP contribution in [0.4, 0.5) is 4.39 Å². The highest BCUT2D eigenvalue weighted by Gasteiger charge is 2.19. The minimum Gasteiger partial charge on any atom is -0.508 e. The van der Waals surface area contributed by atoms with Crippen LogP contribution >= 0.6 is 0 Å². The van der Waals surface area contributed by atoms with Gasteiger partial charge in [-0.2, -0.15) is 0 Å². The number of phenolic OH excluding ortho intramolecular Hbond substituents is 1. The van der Waals surface area contributed by atoms with Gasteiger partial charge in [0, 0.05) is 12.3 Å². The van der Waals surface area contributed by atoms with Crippen LogP contribution in [0.1, 0.15) is 35.4 Å². The van der Waals surface area contributed by atoms with E-state index < -0.39 is 17.8 Å². The van der Waals surface area contributed by atoms with Gasteiger partial charge in [0.2, 0.25) is 0 Å². The van der Waals surface area contributed by atoms with Crippen LogP contribution in [-0.2, 0) is 6.42 Å². The lowest BCUT2D eigenvalue weighted by Gasteiger charge is -2.21. The third-order valence-corrected chi connectivity index (χ3v) is 3.55. The van der Waals surface area contributed by atoms with Crippen molar-refractivity contribution in [3.8, 4) is 5.75 Å². The number of benzene rings is 1. The molecule has 1 heterocycles. The van der Waals surface area contributed by atoms with Gasteiger partial charge in [-0.25, -0.2) is 9.37 Å². The smallest absolute Gasteiger partial charge is 0.268 e. The van der Waals surface area contributed by atoms with Gasteiger partial charge < -0.3 is 20.5 Å². The summed E-state index contributed by atoms with van der Waals surface area (Å²) in [5.41, 5.74) is 5.86. The maximum absolute atomic E-state index is 13.0. The van der Waals surface area contributed by atoms with E-state index >= 15 is 0 Å². The number of imidazole rings is 1. The minimum atomic E-state index is -0.697. The quantitative estimate of drug-likeness (QED) is 0.750. The minimum absolute atomic E-state index is 0.118. The molecule has 1 aromatic heterocycles. The summed E-state index contributed by atoms with van der Waals surface area (Å²) in [6.07, 6.45) is 3.13. The zero-order valence-electron chi connectivity index (χ0n) is 12.1. The molecule has 2 rings (SSSR count). The number of hydrogen-bond donors (Lipinski definition) is 3. The number of aliphatic hydroxyl groups excluding tert-OH is 1. The van der Waals surface area contributed by atoms with Crippen LogP contribution in [0.5, 0.6) is 5.75 Å². The van der Waals surface area contributed by atoms with E-state index in [1.807, 2.05) is 0 Å². The molecule has 0 radical (unpaired) electrons. The Bertz CT molecular complexity index is 670. The lowest BCUT2D eigenvalue weighted by Crippen LogP contribution is -2.21. The van der Waals surface area contributed by atoms with Crippen LogP contribution in [0.3, 0.4) is 0 Å². The average molecular weight is 307 g/mol. The summed E-state index contributed by atoms with van der Waals surface area (Å²) in [6.45, 7) is 1.62. The van der Waals surface area contributed by atoms with Crippen molar-refractivity contribution in [2.75, 3.05) is 0 Å². The lowest BCUT2D eigenvalue weighted by atomic mass is 10.0. The molecule has 1 aromatic carbocycles. The summed E-state index contributed by atoms with van der Waals surface area (Å²) in [4.78, 5) is 15.0. The van der Waals surface area contributed by atoms with Gasteiger partial charge in [-0.05, 0) is 31.4 Å². The SMILES string of the molecule is CC(O)C(CCc1ccc(F)cc1O)n1cnc(C(N)=O)c1. The maximum Gasteiger partial charge on any atom is 0.268 e. The molecule has 7 heteroatoms. The molecule has 22 heavy (non-hydrogen) atoms. The number of rotatable bonds is 6. The van der Waals surface area contributed by atoms with Gasteiger partial charge in [-0.1, -0.05) is 6.07 Å². The molecule has 0 aliphatic heterocycles. The fourth-order valence-corrected chi connectivity index (χ4v) is 2.34. The first kappa shape index (κ1) is 16.0. The van der Waals surface area contributed by atoms with Crippen LogP contribution < -0.4 is 5.73 Å². The summed E-state index contributed by atoms with van der Waals surface area (Å²) in [5, 5.41) is 19.6. The van der Waals surface area contributed by atoms with E-state index in [4.69, 9.17) is 5.73 Å². The molecule has 0 spiro atoms. The molecule has 2 aromatic rings. The molecule has 2 atom stereocenters. The van der Waals surface area contributed by atoms with Gasteiger partial charge in [0.1, 0.15) is 17.3 Å². The molecule has 0 bridgehead atoms. The van der Waals surface area contributed by atoms with Crippen molar-refractivity contribution in [1.29, 1.82) is 0 Å². The molecule has 0 saturated heterocycles. The van der Waals surface area contributed by atoms with E-state index in [2.05, 4.69) is 4.98 Å². The summed E-state index contributed by atoms with van der Waals surface area (Å²) >= 11 is 0. The average Bonchev–Trinajstić information content (AvgIpc) is 2.90. The summed E-state index contributed by atoms with van der Waals surface area (Å²) in [6, 6.07) is 3.49. The van der Waals surface area contributed by atoms with E-state index in [0.717, 1.165) is 6.07 Å². The number of nitrogens with zero attached hydrogens (tertiary/aromatic N) is 2. The van der Waals surface area contributed by atoms with Crippen LogP contribution in [0, 0.1) is 5.82 Å². The molecule has 1 amide bonds. The van der Waals surface area contributed by atoms with Crippen LogP contribution in [0.25, 0.3) is 0 Å². The zero-order valence-corrected chi connectivity index (χ0v) is 12.1. The van der Waals surface area contributed by atoms with E-state index in [1.165, 1.54) is 24.7 Å². The van der Waals surface area contributed by atoms with E-state index in [9.17, 15) is 19.4 Å². The Labute approximate surface area is 127 Å². The molecule has 6 nitrogen and oxygen atoms in total. The predicted molar refractivity (Wildman–Crippen MR) is 77.8 cm³/mol. The van der Waals surface area contributed by atoms with Crippen molar-refractivity contribution < 1.29 is 19.4 Å². The second-order valence-electron chi connectivity index (χ2n) is 5.19. The second kappa shape index (κ2) is 6.57. The highest BCUT2D eigenvalue weighted by atomic mass is 19.1. The van der Waals surface area contributed by atoms with Crippen molar-refractivity contribution >= 4 is 5.91 Å². The van der Waals surface area contributed by atoms with Crippen LogP contribution in [0.15, 0.2) is 30.7 Å². The van der Waals surface area contributed by atoms with Crippen molar-refractivity contribution in [3.63, 3.8) is 0 Å². The standard InChI is InChI=1S/C15H18FN3O3/c1-9(20)13(19-7-12(15(17)22)18-8-19)5-3-10-2-4-11(16)6-14(10)21/h2,4,6-9,13,20-21H,3,5H2,1H3,(H2,17,22). The Kier molecular flexibility index (Phi) is 4.77. The summed E-state index contributed by atoms with van der Waals surface area (Å²) in [5.74, 6) is -1.26. The maximum atomic E-state index is 13.0. The molecule has 0 aliphatic carbocycles. The summed E-state index contributed by atoms with van der Waals surface area (Å²) in [7, 11) is 0. The fraction of sp³-hybridized carbons (Fsp3) is 0.333. The highest BCUT2D eigenvalue weighted by Crippen LogP contribution is 2.24. The number of carbonyl (C=O) groups excluding carboxylic acids is 1. The molecule has 118 valence electrons. The van der Waals surface area contributed by atoms with Gasteiger partial charge in [-0.15, -0.1) is 0 Å². The largest absolute Gasteiger partial charge is 0.508 e. The van der Waals surface area contributed by atoms with Crippen molar-refractivity contribution in [2.45, 2.75) is 31.9 Å². The number of amides is 1. The monoisotopic (exact) mass is 307 g/mol. The van der Waals surface area contributed by atoms with Gasteiger partial charge in [0.15, 0.2) is 0 Å². The number of aromatic nitrogens is 2. The van der Waals surface area contributed by atoms with Crippen molar-refractivity contribution in [3.05, 3.63) is 47.8 Å². The number of primary amides is 1. The number of hydrogen-bond acceptors (Lipinski definition) is 4.